The highest BCUT2D eigenvalue weighted by atomic mass is 79.9. The summed E-state index contributed by atoms with van der Waals surface area (Å²) in [5.74, 6) is 1.17. The first-order valence-corrected chi connectivity index (χ1v) is 9.61. The minimum atomic E-state index is 0.919. The minimum absolute atomic E-state index is 0.919. The van der Waals surface area contributed by atoms with Crippen LogP contribution in [0, 0.1) is 0 Å². The van der Waals surface area contributed by atoms with E-state index >= 15 is 0 Å². The van der Waals surface area contributed by atoms with E-state index in [0.29, 0.717) is 0 Å². The van der Waals surface area contributed by atoms with Crippen LogP contribution in [0.15, 0.2) is 46.3 Å². The van der Waals surface area contributed by atoms with E-state index in [2.05, 4.69) is 61.6 Å². The molecule has 0 unspecified atom stereocenters. The van der Waals surface area contributed by atoms with Gasteiger partial charge in [0.05, 0.1) is 11.4 Å². The lowest BCUT2D eigenvalue weighted by molar-refractivity contribution is 0.768. The molecule has 0 amide bonds. The van der Waals surface area contributed by atoms with Crippen LogP contribution in [0.5, 0.6) is 0 Å². The molecule has 3 heterocycles. The number of aromatic nitrogens is 2. The molecular formula is C18H18BrN3S. The van der Waals surface area contributed by atoms with Gasteiger partial charge in [0.2, 0.25) is 0 Å². The van der Waals surface area contributed by atoms with Crippen molar-refractivity contribution >= 4 is 33.1 Å². The second-order valence-electron chi connectivity index (χ2n) is 5.81. The fraction of sp³-hybridized carbons (Fsp3) is 0.278. The van der Waals surface area contributed by atoms with Crippen LogP contribution in [-0.4, -0.2) is 16.3 Å². The normalized spacial score (nSPS) is 14.1. The molecule has 1 aliphatic heterocycles. The van der Waals surface area contributed by atoms with Gasteiger partial charge in [-0.15, -0.1) is 11.3 Å². The SMILES string of the molecule is Brc1cccc(-n2nc(Cc3cccs3)c3c2NCCCC3)c1. The highest BCUT2D eigenvalue weighted by molar-refractivity contribution is 9.10. The van der Waals surface area contributed by atoms with Crippen LogP contribution in [0.2, 0.25) is 0 Å². The van der Waals surface area contributed by atoms with Crippen molar-refractivity contribution in [3.8, 4) is 5.69 Å². The van der Waals surface area contributed by atoms with Crippen LogP contribution >= 0.6 is 27.3 Å². The predicted molar refractivity (Wildman–Crippen MR) is 99.8 cm³/mol. The summed E-state index contributed by atoms with van der Waals surface area (Å²) in [4.78, 5) is 1.37. The van der Waals surface area contributed by atoms with Gasteiger partial charge < -0.3 is 5.32 Å². The van der Waals surface area contributed by atoms with E-state index in [0.717, 1.165) is 29.5 Å². The number of rotatable bonds is 3. The average Bonchev–Trinajstić information content (AvgIpc) is 3.10. The third kappa shape index (κ3) is 3.08. The summed E-state index contributed by atoms with van der Waals surface area (Å²) in [6.07, 6.45) is 4.47. The second kappa shape index (κ2) is 6.49. The van der Waals surface area contributed by atoms with Crippen molar-refractivity contribution in [2.75, 3.05) is 11.9 Å². The maximum atomic E-state index is 4.96. The maximum absolute atomic E-state index is 4.96. The lowest BCUT2D eigenvalue weighted by Gasteiger charge is -2.09. The number of hydrogen-bond donors (Lipinski definition) is 1. The van der Waals surface area contributed by atoms with Gasteiger partial charge in [-0.3, -0.25) is 0 Å². The van der Waals surface area contributed by atoms with Gasteiger partial charge in [-0.1, -0.05) is 28.1 Å². The topological polar surface area (TPSA) is 29.9 Å². The number of benzene rings is 1. The molecule has 1 N–H and O–H groups in total. The number of nitrogens with one attached hydrogen (secondary N) is 1. The Balaban J connectivity index is 1.81. The first-order chi connectivity index (χ1) is 11.3. The number of nitrogens with zero attached hydrogens (tertiary/aromatic N) is 2. The fourth-order valence-corrected chi connectivity index (χ4v) is 4.18. The molecule has 0 bridgehead atoms. The van der Waals surface area contributed by atoms with Gasteiger partial charge in [0.15, 0.2) is 0 Å². The number of halogens is 1. The Labute approximate surface area is 148 Å². The molecule has 0 saturated carbocycles. The van der Waals surface area contributed by atoms with E-state index in [1.165, 1.54) is 34.8 Å². The molecule has 23 heavy (non-hydrogen) atoms. The lowest BCUT2D eigenvalue weighted by Crippen LogP contribution is -2.07. The van der Waals surface area contributed by atoms with Crippen LogP contribution in [0.4, 0.5) is 5.82 Å². The summed E-state index contributed by atoms with van der Waals surface area (Å²) >= 11 is 5.37. The minimum Gasteiger partial charge on any atom is -0.370 e. The largest absolute Gasteiger partial charge is 0.370 e. The second-order valence-corrected chi connectivity index (χ2v) is 7.75. The molecule has 4 rings (SSSR count). The van der Waals surface area contributed by atoms with E-state index in [4.69, 9.17) is 5.10 Å². The number of thiophene rings is 1. The monoisotopic (exact) mass is 387 g/mol. The van der Waals surface area contributed by atoms with Gasteiger partial charge in [-0.05, 0) is 48.9 Å². The fourth-order valence-electron chi connectivity index (χ4n) is 3.09. The Morgan fingerprint density at radius 1 is 1.22 bits per heavy atom. The van der Waals surface area contributed by atoms with Crippen molar-refractivity contribution in [3.63, 3.8) is 0 Å². The Morgan fingerprint density at radius 2 is 2.17 bits per heavy atom. The average molecular weight is 388 g/mol. The molecule has 0 atom stereocenters. The standard InChI is InChI=1S/C18H18BrN3S/c19-13-5-3-6-14(11-13)22-18-16(8-1-2-9-20-18)17(21-22)12-15-7-4-10-23-15/h3-7,10-11,20H,1-2,8-9,12H2. The lowest BCUT2D eigenvalue weighted by atomic mass is 10.1. The van der Waals surface area contributed by atoms with Gasteiger partial charge in [-0.2, -0.15) is 5.10 Å². The Bertz CT molecular complexity index is 808. The van der Waals surface area contributed by atoms with E-state index in [-0.39, 0.29) is 0 Å². The molecule has 118 valence electrons. The zero-order valence-corrected chi connectivity index (χ0v) is 15.2. The molecule has 3 aromatic rings. The molecule has 1 aromatic carbocycles. The molecule has 3 nitrogen and oxygen atoms in total. The van der Waals surface area contributed by atoms with E-state index in [1.54, 1.807) is 11.3 Å². The third-order valence-corrected chi connectivity index (χ3v) is 5.56. The molecule has 0 radical (unpaired) electrons. The first-order valence-electron chi connectivity index (χ1n) is 7.94. The van der Waals surface area contributed by atoms with Crippen molar-refractivity contribution in [2.45, 2.75) is 25.7 Å². The molecule has 0 saturated heterocycles. The summed E-state index contributed by atoms with van der Waals surface area (Å²) in [5.41, 5.74) is 3.69. The van der Waals surface area contributed by atoms with Gasteiger partial charge in [0.25, 0.3) is 0 Å². The highest BCUT2D eigenvalue weighted by Crippen LogP contribution is 2.30. The summed E-state index contributed by atoms with van der Waals surface area (Å²) in [7, 11) is 0. The molecule has 0 fully saturated rings. The van der Waals surface area contributed by atoms with Crippen molar-refractivity contribution in [1.82, 2.24) is 9.78 Å². The Kier molecular flexibility index (Phi) is 4.23. The molecule has 0 aliphatic carbocycles. The highest BCUT2D eigenvalue weighted by Gasteiger charge is 2.21. The molecule has 0 spiro atoms. The first kappa shape index (κ1) is 15.0. The summed E-state index contributed by atoms with van der Waals surface area (Å²) in [6, 6.07) is 12.6. The van der Waals surface area contributed by atoms with Crippen LogP contribution in [0.3, 0.4) is 0 Å². The van der Waals surface area contributed by atoms with E-state index < -0.39 is 0 Å². The van der Waals surface area contributed by atoms with Crippen LogP contribution < -0.4 is 5.32 Å². The molecule has 5 heteroatoms. The predicted octanol–water partition coefficient (Wildman–Crippen LogP) is 5.04. The van der Waals surface area contributed by atoms with E-state index in [9.17, 15) is 0 Å². The Hall–Kier alpha value is -1.59. The number of hydrogen-bond acceptors (Lipinski definition) is 3. The van der Waals surface area contributed by atoms with Crippen LogP contribution in [0.25, 0.3) is 5.69 Å². The van der Waals surface area contributed by atoms with Crippen molar-refractivity contribution < 1.29 is 0 Å². The molecular weight excluding hydrogens is 370 g/mol. The smallest absolute Gasteiger partial charge is 0.133 e. The van der Waals surface area contributed by atoms with Crippen LogP contribution in [-0.2, 0) is 12.8 Å². The quantitative estimate of drug-likeness (QED) is 0.682. The summed E-state index contributed by atoms with van der Waals surface area (Å²) < 4.78 is 3.15. The van der Waals surface area contributed by atoms with Crippen LogP contribution in [0.1, 0.15) is 29.0 Å². The molecule has 2 aromatic heterocycles. The number of fused-ring (bicyclic) bond motifs is 1. The maximum Gasteiger partial charge on any atom is 0.133 e. The summed E-state index contributed by atoms with van der Waals surface area (Å²) in [6.45, 7) is 1.02. The zero-order chi connectivity index (χ0) is 15.6. The van der Waals surface area contributed by atoms with Gasteiger partial charge >= 0.3 is 0 Å². The van der Waals surface area contributed by atoms with Crippen molar-refractivity contribution in [3.05, 3.63) is 62.4 Å². The van der Waals surface area contributed by atoms with Gasteiger partial charge in [-0.25, -0.2) is 4.68 Å². The van der Waals surface area contributed by atoms with Crippen molar-refractivity contribution in [2.24, 2.45) is 0 Å². The van der Waals surface area contributed by atoms with Gasteiger partial charge in [0, 0.05) is 27.9 Å². The van der Waals surface area contributed by atoms with Gasteiger partial charge in [0.1, 0.15) is 5.82 Å². The Morgan fingerprint density at radius 3 is 3.00 bits per heavy atom. The molecule has 1 aliphatic rings. The third-order valence-electron chi connectivity index (χ3n) is 4.19. The van der Waals surface area contributed by atoms with E-state index in [1.807, 2.05) is 6.07 Å². The zero-order valence-electron chi connectivity index (χ0n) is 12.8. The summed E-state index contributed by atoms with van der Waals surface area (Å²) in [5, 5.41) is 10.7. The number of anilines is 1. The van der Waals surface area contributed by atoms with Crippen molar-refractivity contribution in [1.29, 1.82) is 0 Å².